The smallest absolute Gasteiger partial charge is 0.236 e. The first-order valence-electron chi connectivity index (χ1n) is 10.0. The van der Waals surface area contributed by atoms with Gasteiger partial charge in [-0.05, 0) is 43.7 Å². The molecule has 1 aliphatic rings. The van der Waals surface area contributed by atoms with Crippen molar-refractivity contribution in [1.29, 1.82) is 0 Å². The summed E-state index contributed by atoms with van der Waals surface area (Å²) in [6.07, 6.45) is 1.64. The van der Waals surface area contributed by atoms with E-state index in [9.17, 15) is 13.2 Å². The lowest BCUT2D eigenvalue weighted by atomic mass is 9.93. The summed E-state index contributed by atoms with van der Waals surface area (Å²) in [5.74, 6) is 1.06. The first-order chi connectivity index (χ1) is 15.1. The minimum Gasteiger partial charge on any atom is -0.493 e. The average molecular weight is 461 g/mol. The molecule has 172 valence electrons. The summed E-state index contributed by atoms with van der Waals surface area (Å²) < 4.78 is 44.4. The summed E-state index contributed by atoms with van der Waals surface area (Å²) in [5.41, 5.74) is 0.735. The molecule has 0 saturated carbocycles. The first-order valence-corrected chi connectivity index (χ1v) is 11.7. The highest BCUT2D eigenvalue weighted by atomic mass is 32.2. The van der Waals surface area contributed by atoms with Gasteiger partial charge in [-0.1, -0.05) is 12.1 Å². The Balaban J connectivity index is 1.85. The summed E-state index contributed by atoms with van der Waals surface area (Å²) >= 11 is 0. The van der Waals surface area contributed by atoms with Crippen LogP contribution in [-0.2, 0) is 20.6 Å². The van der Waals surface area contributed by atoms with Gasteiger partial charge in [0.2, 0.25) is 15.9 Å². The van der Waals surface area contributed by atoms with Crippen LogP contribution in [0.2, 0.25) is 0 Å². The molecule has 0 fully saturated rings. The van der Waals surface area contributed by atoms with Crippen molar-refractivity contribution in [2.75, 3.05) is 37.0 Å². The number of hydrogen-bond donors (Lipinski definition) is 1. The van der Waals surface area contributed by atoms with E-state index in [1.54, 1.807) is 47.4 Å². The Kier molecular flexibility index (Phi) is 6.68. The van der Waals surface area contributed by atoms with Gasteiger partial charge in [0.1, 0.15) is 12.4 Å². The van der Waals surface area contributed by atoms with Crippen LogP contribution in [0.1, 0.15) is 19.4 Å². The molecule has 1 aliphatic heterocycles. The van der Waals surface area contributed by atoms with Crippen LogP contribution in [0.15, 0.2) is 49.1 Å². The van der Waals surface area contributed by atoms with Gasteiger partial charge in [0.25, 0.3) is 0 Å². The predicted molar refractivity (Wildman–Crippen MR) is 124 cm³/mol. The Morgan fingerprint density at radius 3 is 2.53 bits per heavy atom. The zero-order valence-corrected chi connectivity index (χ0v) is 19.5. The van der Waals surface area contributed by atoms with E-state index in [1.165, 1.54) is 14.2 Å². The molecule has 2 aromatic rings. The number of ether oxygens (including phenoxy) is 3. The summed E-state index contributed by atoms with van der Waals surface area (Å²) in [4.78, 5) is 14.5. The number of amides is 1. The molecule has 32 heavy (non-hydrogen) atoms. The highest BCUT2D eigenvalue weighted by Gasteiger charge is 2.37. The monoisotopic (exact) mass is 460 g/mol. The Labute approximate surface area is 188 Å². The van der Waals surface area contributed by atoms with Gasteiger partial charge in [0.15, 0.2) is 11.5 Å². The number of carbonyl (C=O) groups is 1. The second-order valence-electron chi connectivity index (χ2n) is 8.11. The van der Waals surface area contributed by atoms with E-state index in [4.69, 9.17) is 14.2 Å². The maximum atomic E-state index is 12.9. The van der Waals surface area contributed by atoms with Gasteiger partial charge in [-0.2, -0.15) is 0 Å². The van der Waals surface area contributed by atoms with Gasteiger partial charge < -0.3 is 19.1 Å². The topological polar surface area (TPSA) is 94.2 Å². The van der Waals surface area contributed by atoms with E-state index in [1.807, 2.05) is 13.8 Å². The fraction of sp³-hybridized carbons (Fsp3) is 0.348. The normalized spacial score (nSPS) is 15.2. The van der Waals surface area contributed by atoms with Crippen LogP contribution >= 0.6 is 0 Å². The number of anilines is 2. The van der Waals surface area contributed by atoms with E-state index in [0.29, 0.717) is 40.7 Å². The van der Waals surface area contributed by atoms with Crippen LogP contribution in [0.5, 0.6) is 17.2 Å². The van der Waals surface area contributed by atoms with Gasteiger partial charge in [0.05, 0.1) is 36.8 Å². The Morgan fingerprint density at radius 2 is 1.88 bits per heavy atom. The molecule has 9 heteroatoms. The molecule has 1 amide bonds. The number of fused-ring (bicyclic) bond motifs is 1. The molecule has 0 aliphatic carbocycles. The molecule has 0 bridgehead atoms. The van der Waals surface area contributed by atoms with E-state index >= 15 is 0 Å². The predicted octanol–water partition coefficient (Wildman–Crippen LogP) is 3.58. The Hall–Kier alpha value is -3.20. The van der Waals surface area contributed by atoms with Crippen LogP contribution in [0.25, 0.3) is 0 Å². The van der Waals surface area contributed by atoms with E-state index < -0.39 is 15.4 Å². The largest absolute Gasteiger partial charge is 0.493 e. The number of nitrogens with one attached hydrogen (secondary N) is 1. The van der Waals surface area contributed by atoms with Gasteiger partial charge in [0, 0.05) is 12.6 Å². The summed E-state index contributed by atoms with van der Waals surface area (Å²) in [6, 6.07) is 9.82. The summed E-state index contributed by atoms with van der Waals surface area (Å²) in [7, 11) is -0.717. The Morgan fingerprint density at radius 1 is 1.16 bits per heavy atom. The van der Waals surface area contributed by atoms with Crippen molar-refractivity contribution in [2.24, 2.45) is 5.41 Å². The van der Waals surface area contributed by atoms with Crippen molar-refractivity contribution < 1.29 is 27.4 Å². The molecule has 0 unspecified atom stereocenters. The average Bonchev–Trinajstić information content (AvgIpc) is 2.83. The highest BCUT2D eigenvalue weighted by molar-refractivity contribution is 7.91. The van der Waals surface area contributed by atoms with E-state index in [0.717, 1.165) is 0 Å². The molecule has 0 spiro atoms. The minimum absolute atomic E-state index is 0.0852. The molecule has 3 rings (SSSR count). The molecule has 8 nitrogen and oxygen atoms in total. The van der Waals surface area contributed by atoms with Crippen LogP contribution in [0, 0.1) is 5.41 Å². The number of sulfonamides is 1. The molecule has 0 radical (unpaired) electrons. The molecule has 1 heterocycles. The summed E-state index contributed by atoms with van der Waals surface area (Å²) in [5, 5.41) is 0. The lowest BCUT2D eigenvalue weighted by molar-refractivity contribution is -0.127. The SMILES string of the molecule is C=CCN1C(=O)C(C)(C)COc2cc(NS(=O)(=O)Cc3ccc(OC)c(OC)c3)ccc21. The zero-order chi connectivity index (χ0) is 23.5. The van der Waals surface area contributed by atoms with Gasteiger partial charge in [-0.3, -0.25) is 9.52 Å². The minimum atomic E-state index is -3.72. The Bertz CT molecular complexity index is 1130. The van der Waals surface area contributed by atoms with Crippen molar-refractivity contribution in [3.63, 3.8) is 0 Å². The van der Waals surface area contributed by atoms with Crippen molar-refractivity contribution in [3.8, 4) is 17.2 Å². The molecule has 0 atom stereocenters. The zero-order valence-electron chi connectivity index (χ0n) is 18.7. The first kappa shape index (κ1) is 23.5. The third-order valence-electron chi connectivity index (χ3n) is 5.05. The van der Waals surface area contributed by atoms with Crippen LogP contribution in [-0.4, -0.2) is 41.7 Å². The van der Waals surface area contributed by atoms with Crippen molar-refractivity contribution in [3.05, 3.63) is 54.6 Å². The fourth-order valence-corrected chi connectivity index (χ4v) is 4.60. The van der Waals surface area contributed by atoms with Crippen molar-refractivity contribution in [2.45, 2.75) is 19.6 Å². The van der Waals surface area contributed by atoms with Crippen LogP contribution in [0.4, 0.5) is 11.4 Å². The molecule has 0 aromatic heterocycles. The lowest BCUT2D eigenvalue weighted by Gasteiger charge is -2.27. The molecule has 0 saturated heterocycles. The number of hydrogen-bond acceptors (Lipinski definition) is 6. The molecular formula is C23H28N2O6S. The number of benzene rings is 2. The number of rotatable bonds is 8. The maximum Gasteiger partial charge on any atom is 0.236 e. The second kappa shape index (κ2) is 9.12. The highest BCUT2D eigenvalue weighted by Crippen LogP contribution is 2.38. The van der Waals surface area contributed by atoms with Gasteiger partial charge in [-0.25, -0.2) is 8.42 Å². The van der Waals surface area contributed by atoms with Gasteiger partial charge >= 0.3 is 0 Å². The van der Waals surface area contributed by atoms with Crippen molar-refractivity contribution >= 4 is 27.3 Å². The summed E-state index contributed by atoms with van der Waals surface area (Å²) in [6.45, 7) is 7.84. The van der Waals surface area contributed by atoms with Crippen molar-refractivity contribution in [1.82, 2.24) is 0 Å². The maximum absolute atomic E-state index is 12.9. The van der Waals surface area contributed by atoms with E-state index in [2.05, 4.69) is 11.3 Å². The number of carbonyl (C=O) groups excluding carboxylic acids is 1. The molecular weight excluding hydrogens is 432 g/mol. The second-order valence-corrected chi connectivity index (χ2v) is 9.83. The third kappa shape index (κ3) is 4.99. The quantitative estimate of drug-likeness (QED) is 0.605. The standard InChI is InChI=1S/C23H28N2O6S/c1-6-11-25-18-9-8-17(13-20(18)31-15-23(2,3)22(25)26)24-32(27,28)14-16-7-10-19(29-4)21(12-16)30-5/h6-10,12-13,24H,1,11,14-15H2,2-5H3. The van der Waals surface area contributed by atoms with Gasteiger partial charge in [-0.15, -0.1) is 6.58 Å². The van der Waals surface area contributed by atoms with Crippen LogP contribution < -0.4 is 23.8 Å². The van der Waals surface area contributed by atoms with Crippen LogP contribution in [0.3, 0.4) is 0 Å². The van der Waals surface area contributed by atoms with E-state index in [-0.39, 0.29) is 18.3 Å². The molecule has 2 aromatic carbocycles. The number of methoxy groups -OCH3 is 2. The fourth-order valence-electron chi connectivity index (χ4n) is 3.43. The lowest BCUT2D eigenvalue weighted by Crippen LogP contribution is -2.42. The third-order valence-corrected chi connectivity index (χ3v) is 6.31. The molecule has 1 N–H and O–H groups in total. The number of nitrogens with zero attached hydrogens (tertiary/aromatic N) is 1.